The van der Waals surface area contributed by atoms with E-state index in [1.165, 1.54) is 19.3 Å². The predicted octanol–water partition coefficient (Wildman–Crippen LogP) is 2.40. The first-order valence-electron chi connectivity index (χ1n) is 4.89. The molecule has 2 N–H and O–H groups in total. The van der Waals surface area contributed by atoms with Crippen molar-refractivity contribution in [3.63, 3.8) is 0 Å². The van der Waals surface area contributed by atoms with Crippen molar-refractivity contribution in [2.45, 2.75) is 47.0 Å². The van der Waals surface area contributed by atoms with E-state index in [-0.39, 0.29) is 0 Å². The Morgan fingerprint density at radius 3 is 1.36 bits per heavy atom. The number of hydrogen-bond donors (Lipinski definition) is 1. The van der Waals surface area contributed by atoms with Crippen LogP contribution < -0.4 is 5.84 Å². The molecule has 0 aromatic rings. The van der Waals surface area contributed by atoms with Gasteiger partial charge in [0.2, 0.25) is 0 Å². The topological polar surface area (TPSA) is 29.3 Å². The molecule has 0 amide bonds. The minimum Gasteiger partial charge on any atom is -0.269 e. The maximum atomic E-state index is 5.47. The van der Waals surface area contributed by atoms with E-state index in [9.17, 15) is 0 Å². The van der Waals surface area contributed by atoms with Crippen LogP contribution in [-0.4, -0.2) is 18.1 Å². The molecule has 2 nitrogen and oxygen atoms in total. The lowest BCUT2D eigenvalue weighted by Gasteiger charge is -2.20. The summed E-state index contributed by atoms with van der Waals surface area (Å²) in [5, 5.41) is 1.89. The van der Waals surface area contributed by atoms with Crippen LogP contribution in [0.5, 0.6) is 0 Å². The number of hydrogen-bond acceptors (Lipinski definition) is 2. The summed E-state index contributed by atoms with van der Waals surface area (Å²) in [6.45, 7) is 10.2. The average Bonchev–Trinajstić information content (AvgIpc) is 2.13. The molecule has 11 heavy (non-hydrogen) atoms. The molecule has 0 radical (unpaired) electrons. The second kappa shape index (κ2) is 12.6. The van der Waals surface area contributed by atoms with Gasteiger partial charge in [-0.1, -0.05) is 34.1 Å². The Hall–Kier alpha value is -0.0800. The van der Waals surface area contributed by atoms with E-state index in [0.717, 1.165) is 13.1 Å². The second-order valence-corrected chi connectivity index (χ2v) is 2.10. The van der Waals surface area contributed by atoms with Crippen molar-refractivity contribution in [2.24, 2.45) is 5.84 Å². The zero-order valence-corrected chi connectivity index (χ0v) is 8.56. The van der Waals surface area contributed by atoms with E-state index in [1.807, 2.05) is 32.7 Å². The molecule has 1 aliphatic rings. The molecule has 0 bridgehead atoms. The Morgan fingerprint density at radius 1 is 0.818 bits per heavy atom. The Bertz CT molecular complexity index is 49.5. The van der Waals surface area contributed by atoms with Crippen LogP contribution in [0.4, 0.5) is 0 Å². The van der Waals surface area contributed by atoms with E-state index in [2.05, 4.69) is 0 Å². The zero-order chi connectivity index (χ0) is 9.11. The van der Waals surface area contributed by atoms with Crippen LogP contribution in [0.15, 0.2) is 0 Å². The van der Waals surface area contributed by atoms with Crippen molar-refractivity contribution in [1.82, 2.24) is 5.01 Å². The summed E-state index contributed by atoms with van der Waals surface area (Å²) >= 11 is 0. The largest absolute Gasteiger partial charge is 0.269 e. The third-order valence-electron chi connectivity index (χ3n) is 1.39. The summed E-state index contributed by atoms with van der Waals surface area (Å²) in [5.41, 5.74) is 0. The maximum Gasteiger partial charge on any atom is 0.0128 e. The van der Waals surface area contributed by atoms with Crippen molar-refractivity contribution in [3.05, 3.63) is 0 Å². The van der Waals surface area contributed by atoms with E-state index in [0.29, 0.717) is 0 Å². The van der Waals surface area contributed by atoms with Crippen molar-refractivity contribution >= 4 is 0 Å². The van der Waals surface area contributed by atoms with Crippen LogP contribution in [0, 0.1) is 0 Å². The molecule has 0 aliphatic carbocycles. The Morgan fingerprint density at radius 2 is 1.18 bits per heavy atom. The van der Waals surface area contributed by atoms with E-state index < -0.39 is 0 Å². The van der Waals surface area contributed by atoms with Gasteiger partial charge in [0.15, 0.2) is 0 Å². The van der Waals surface area contributed by atoms with Gasteiger partial charge in [0.1, 0.15) is 0 Å². The highest BCUT2D eigenvalue weighted by molar-refractivity contribution is 4.56. The van der Waals surface area contributed by atoms with Gasteiger partial charge in [-0.2, -0.15) is 0 Å². The SMILES string of the molecule is CC.CC.NN1CCCCC1. The highest BCUT2D eigenvalue weighted by atomic mass is 15.4. The van der Waals surface area contributed by atoms with E-state index >= 15 is 0 Å². The van der Waals surface area contributed by atoms with Crippen molar-refractivity contribution < 1.29 is 0 Å². The predicted molar refractivity (Wildman–Crippen MR) is 52.3 cm³/mol. The molecule has 1 saturated heterocycles. The van der Waals surface area contributed by atoms with Crippen LogP contribution in [0.3, 0.4) is 0 Å². The molecule has 0 saturated carbocycles. The fourth-order valence-corrected chi connectivity index (χ4v) is 0.918. The highest BCUT2D eigenvalue weighted by Crippen LogP contribution is 2.03. The Labute approximate surface area is 71.7 Å². The fraction of sp³-hybridized carbons (Fsp3) is 1.00. The van der Waals surface area contributed by atoms with Gasteiger partial charge in [-0.3, -0.25) is 5.84 Å². The van der Waals surface area contributed by atoms with Gasteiger partial charge in [-0.15, -0.1) is 0 Å². The van der Waals surface area contributed by atoms with Crippen molar-refractivity contribution in [3.8, 4) is 0 Å². The second-order valence-electron chi connectivity index (χ2n) is 2.10. The number of hydrazine groups is 1. The molecule has 0 spiro atoms. The first-order valence-corrected chi connectivity index (χ1v) is 4.89. The monoisotopic (exact) mass is 160 g/mol. The highest BCUT2D eigenvalue weighted by Gasteiger charge is 2.02. The Kier molecular flexibility index (Phi) is 15.4. The minimum atomic E-state index is 1.10. The minimum absolute atomic E-state index is 1.10. The molecule has 1 aliphatic heterocycles. The molecule has 1 heterocycles. The molecule has 0 unspecified atom stereocenters. The third kappa shape index (κ3) is 9.92. The zero-order valence-electron chi connectivity index (χ0n) is 8.56. The van der Waals surface area contributed by atoms with Crippen LogP contribution in [-0.2, 0) is 0 Å². The van der Waals surface area contributed by atoms with Crippen LogP contribution in [0.25, 0.3) is 0 Å². The van der Waals surface area contributed by atoms with E-state index in [1.54, 1.807) is 0 Å². The summed E-state index contributed by atoms with van der Waals surface area (Å²) in [5.74, 6) is 5.47. The lowest BCUT2D eigenvalue weighted by molar-refractivity contribution is 0.235. The van der Waals surface area contributed by atoms with Crippen LogP contribution in [0.1, 0.15) is 47.0 Å². The van der Waals surface area contributed by atoms with Crippen LogP contribution >= 0.6 is 0 Å². The lowest BCUT2D eigenvalue weighted by Crippen LogP contribution is -2.35. The van der Waals surface area contributed by atoms with Gasteiger partial charge in [-0.05, 0) is 12.8 Å². The standard InChI is InChI=1S/C5H12N2.2C2H6/c6-7-4-2-1-3-5-7;2*1-2/h1-6H2;2*1-2H3. The molecule has 2 heteroatoms. The number of nitrogens with two attached hydrogens (primary N) is 1. The summed E-state index contributed by atoms with van der Waals surface area (Å²) < 4.78 is 0. The van der Waals surface area contributed by atoms with Gasteiger partial charge >= 0.3 is 0 Å². The first-order chi connectivity index (χ1) is 5.39. The quantitative estimate of drug-likeness (QED) is 0.551. The molecule has 0 aromatic carbocycles. The molecule has 0 atom stereocenters. The van der Waals surface area contributed by atoms with Crippen LogP contribution in [0.2, 0.25) is 0 Å². The summed E-state index contributed by atoms with van der Waals surface area (Å²) in [6.07, 6.45) is 3.95. The number of nitrogens with zero attached hydrogens (tertiary/aromatic N) is 1. The maximum absolute atomic E-state index is 5.47. The van der Waals surface area contributed by atoms with E-state index in [4.69, 9.17) is 5.84 Å². The Balaban J connectivity index is 0. The van der Waals surface area contributed by atoms with Gasteiger partial charge in [0.25, 0.3) is 0 Å². The van der Waals surface area contributed by atoms with Gasteiger partial charge in [0, 0.05) is 13.1 Å². The molecule has 1 fully saturated rings. The fourth-order valence-electron chi connectivity index (χ4n) is 0.918. The summed E-state index contributed by atoms with van der Waals surface area (Å²) in [4.78, 5) is 0. The molecule has 70 valence electrons. The normalized spacial score (nSPS) is 17.2. The van der Waals surface area contributed by atoms with Gasteiger partial charge in [-0.25, -0.2) is 5.01 Å². The van der Waals surface area contributed by atoms with Crippen molar-refractivity contribution in [2.75, 3.05) is 13.1 Å². The van der Waals surface area contributed by atoms with Gasteiger partial charge in [0.05, 0.1) is 0 Å². The summed E-state index contributed by atoms with van der Waals surface area (Å²) in [6, 6.07) is 0. The smallest absolute Gasteiger partial charge is 0.0128 e. The summed E-state index contributed by atoms with van der Waals surface area (Å²) in [7, 11) is 0. The molecular formula is C9H24N2. The van der Waals surface area contributed by atoms with Gasteiger partial charge < -0.3 is 0 Å². The first kappa shape index (κ1) is 13.5. The lowest BCUT2D eigenvalue weighted by atomic mass is 10.2. The number of rotatable bonds is 0. The molecule has 0 aromatic heterocycles. The molecule has 1 rings (SSSR count). The van der Waals surface area contributed by atoms with Crippen molar-refractivity contribution in [1.29, 1.82) is 0 Å². The number of piperidine rings is 1. The molecular weight excluding hydrogens is 136 g/mol. The third-order valence-corrected chi connectivity index (χ3v) is 1.39. The average molecular weight is 160 g/mol.